The van der Waals surface area contributed by atoms with Gasteiger partial charge in [-0.25, -0.2) is 0 Å². The second-order valence-electron chi connectivity index (χ2n) is 7.54. The van der Waals surface area contributed by atoms with Crippen LogP contribution in [0.5, 0.6) is 0 Å². The van der Waals surface area contributed by atoms with Crippen LogP contribution in [0.25, 0.3) is 0 Å². The molecule has 1 aromatic rings. The molecule has 0 unspecified atom stereocenters. The number of hydrogen-bond acceptors (Lipinski definition) is 3. The van der Waals surface area contributed by atoms with E-state index in [9.17, 15) is 4.79 Å². The van der Waals surface area contributed by atoms with Crippen LogP contribution in [-0.4, -0.2) is 39.3 Å². The Kier molecular flexibility index (Phi) is 5.98. The summed E-state index contributed by atoms with van der Waals surface area (Å²) in [4.78, 5) is 14.4. The fraction of sp³-hybridized carbons (Fsp3) is 0.824. The van der Waals surface area contributed by atoms with E-state index in [2.05, 4.69) is 41.1 Å². The molecule has 1 N–H and O–H groups in total. The largest absolute Gasteiger partial charge is 0.343 e. The summed E-state index contributed by atoms with van der Waals surface area (Å²) in [5, 5.41) is 10.4. The molecule has 0 aliphatic carbocycles. The first-order valence-electron chi connectivity index (χ1n) is 8.59. The normalized spacial score (nSPS) is 20.0. The first-order valence-corrected chi connectivity index (χ1v) is 8.59. The number of amides is 1. The lowest BCUT2D eigenvalue weighted by atomic mass is 9.77. The van der Waals surface area contributed by atoms with Gasteiger partial charge in [-0.05, 0) is 49.9 Å². The van der Waals surface area contributed by atoms with E-state index in [0.717, 1.165) is 56.8 Å². The van der Waals surface area contributed by atoms with Crippen LogP contribution in [0.1, 0.15) is 65.0 Å². The molecule has 1 amide bonds. The number of aromatic nitrogens is 3. The molecule has 1 aliphatic rings. The second kappa shape index (κ2) is 7.75. The zero-order chi connectivity index (χ0) is 16.0. The van der Waals surface area contributed by atoms with Crippen molar-refractivity contribution in [3.63, 3.8) is 0 Å². The average molecular weight is 306 g/mol. The molecule has 124 valence electrons. The van der Waals surface area contributed by atoms with Gasteiger partial charge in [-0.3, -0.25) is 4.79 Å². The molecule has 2 rings (SSSR count). The maximum Gasteiger partial charge on any atom is 0.222 e. The Morgan fingerprint density at radius 1 is 1.32 bits per heavy atom. The number of aromatic amines is 1. The van der Waals surface area contributed by atoms with Gasteiger partial charge in [0.1, 0.15) is 0 Å². The van der Waals surface area contributed by atoms with Crippen LogP contribution in [0.4, 0.5) is 0 Å². The van der Waals surface area contributed by atoms with E-state index in [1.165, 1.54) is 6.42 Å². The van der Waals surface area contributed by atoms with Crippen molar-refractivity contribution in [3.05, 3.63) is 11.9 Å². The zero-order valence-electron chi connectivity index (χ0n) is 14.3. The monoisotopic (exact) mass is 306 g/mol. The molecule has 22 heavy (non-hydrogen) atoms. The van der Waals surface area contributed by atoms with E-state index in [1.54, 1.807) is 6.20 Å². The van der Waals surface area contributed by atoms with Crippen LogP contribution in [0.15, 0.2) is 6.20 Å². The summed E-state index contributed by atoms with van der Waals surface area (Å²) in [6.45, 7) is 8.83. The lowest BCUT2D eigenvalue weighted by Crippen LogP contribution is -2.32. The van der Waals surface area contributed by atoms with Gasteiger partial charge in [0.15, 0.2) is 0 Å². The number of H-pyrrole nitrogens is 1. The summed E-state index contributed by atoms with van der Waals surface area (Å²) < 4.78 is 0. The smallest absolute Gasteiger partial charge is 0.222 e. The Balaban J connectivity index is 1.69. The van der Waals surface area contributed by atoms with Crippen LogP contribution in [-0.2, 0) is 11.2 Å². The third kappa shape index (κ3) is 5.11. The molecule has 1 aromatic heterocycles. The van der Waals surface area contributed by atoms with Crippen molar-refractivity contribution in [1.82, 2.24) is 20.3 Å². The zero-order valence-corrected chi connectivity index (χ0v) is 14.3. The van der Waals surface area contributed by atoms with Crippen LogP contribution in [0.2, 0.25) is 0 Å². The Labute approximate surface area is 133 Å². The summed E-state index contributed by atoms with van der Waals surface area (Å²) in [5.74, 6) is 1.06. The number of nitrogens with zero attached hydrogens (tertiary/aromatic N) is 3. The maximum atomic E-state index is 12.4. The fourth-order valence-electron chi connectivity index (χ4n) is 3.30. The summed E-state index contributed by atoms with van der Waals surface area (Å²) >= 11 is 0. The van der Waals surface area contributed by atoms with Gasteiger partial charge in [0, 0.05) is 19.5 Å². The van der Waals surface area contributed by atoms with Gasteiger partial charge in [0.25, 0.3) is 0 Å². The number of aryl methyl sites for hydroxylation is 1. The molecule has 2 heterocycles. The molecule has 5 nitrogen and oxygen atoms in total. The van der Waals surface area contributed by atoms with Crippen molar-refractivity contribution in [2.24, 2.45) is 11.3 Å². The van der Waals surface area contributed by atoms with Gasteiger partial charge in [-0.15, -0.1) is 0 Å². The summed E-state index contributed by atoms with van der Waals surface area (Å²) in [6, 6.07) is 0. The average Bonchev–Trinajstić information content (AvgIpc) is 2.83. The number of likely N-dealkylation sites (tertiary alicyclic amines) is 1. The fourth-order valence-corrected chi connectivity index (χ4v) is 3.30. The Morgan fingerprint density at radius 2 is 2.14 bits per heavy atom. The number of rotatable bonds is 5. The molecular weight excluding hydrogens is 276 g/mol. The highest BCUT2D eigenvalue weighted by Crippen LogP contribution is 2.34. The SMILES string of the molecule is CC(C)(C)[C@@H]1CCCN(C(=O)CCCCc2cn[nH]n2)CC1. The molecular formula is C17H30N4O. The van der Waals surface area contributed by atoms with Crippen LogP contribution < -0.4 is 0 Å². The number of hydrogen-bond donors (Lipinski definition) is 1. The third-order valence-electron chi connectivity index (χ3n) is 4.84. The van der Waals surface area contributed by atoms with E-state index in [0.29, 0.717) is 17.7 Å². The first kappa shape index (κ1) is 17.0. The molecule has 0 saturated carbocycles. The minimum Gasteiger partial charge on any atom is -0.343 e. The van der Waals surface area contributed by atoms with Gasteiger partial charge in [-0.2, -0.15) is 15.4 Å². The second-order valence-corrected chi connectivity index (χ2v) is 7.54. The van der Waals surface area contributed by atoms with Crippen molar-refractivity contribution in [1.29, 1.82) is 0 Å². The predicted molar refractivity (Wildman–Crippen MR) is 87.3 cm³/mol. The minimum absolute atomic E-state index is 0.328. The highest BCUT2D eigenvalue weighted by Gasteiger charge is 2.28. The minimum atomic E-state index is 0.328. The number of carbonyl (C=O) groups is 1. The van der Waals surface area contributed by atoms with Crippen molar-refractivity contribution >= 4 is 5.91 Å². The molecule has 5 heteroatoms. The van der Waals surface area contributed by atoms with Crippen molar-refractivity contribution in [3.8, 4) is 0 Å². The third-order valence-corrected chi connectivity index (χ3v) is 4.84. The van der Waals surface area contributed by atoms with Crippen LogP contribution >= 0.6 is 0 Å². The summed E-state index contributed by atoms with van der Waals surface area (Å²) in [7, 11) is 0. The standard InChI is InChI=1S/C17H30N4O/c1-17(2,3)14-7-6-11-21(12-10-14)16(22)9-5-4-8-15-13-18-20-19-15/h13-14H,4-12H2,1-3H3,(H,18,19,20)/t14-/m1/s1. The number of carbonyl (C=O) groups excluding carboxylic acids is 1. The lowest BCUT2D eigenvalue weighted by Gasteiger charge is -2.29. The van der Waals surface area contributed by atoms with E-state index in [4.69, 9.17) is 0 Å². The lowest BCUT2D eigenvalue weighted by molar-refractivity contribution is -0.131. The van der Waals surface area contributed by atoms with Gasteiger partial charge in [0.2, 0.25) is 5.91 Å². The molecule has 0 bridgehead atoms. The quantitative estimate of drug-likeness (QED) is 0.850. The van der Waals surface area contributed by atoms with Gasteiger partial charge < -0.3 is 4.90 Å². The summed E-state index contributed by atoms with van der Waals surface area (Å²) in [6.07, 6.45) is 8.79. The Morgan fingerprint density at radius 3 is 2.82 bits per heavy atom. The topological polar surface area (TPSA) is 61.9 Å². The first-order chi connectivity index (χ1) is 10.5. The Bertz CT molecular complexity index is 450. The van der Waals surface area contributed by atoms with E-state index in [-0.39, 0.29) is 0 Å². The summed E-state index contributed by atoms with van der Waals surface area (Å²) in [5.41, 5.74) is 1.34. The molecule has 0 radical (unpaired) electrons. The molecule has 0 aromatic carbocycles. The Hall–Kier alpha value is -1.39. The number of unbranched alkanes of at least 4 members (excludes halogenated alkanes) is 1. The molecule has 1 atom stereocenters. The predicted octanol–water partition coefficient (Wildman–Crippen LogP) is 3.19. The molecule has 1 fully saturated rings. The van der Waals surface area contributed by atoms with E-state index >= 15 is 0 Å². The molecule has 1 aliphatic heterocycles. The highest BCUT2D eigenvalue weighted by atomic mass is 16.2. The molecule has 0 spiro atoms. The van der Waals surface area contributed by atoms with Crippen molar-refractivity contribution in [2.45, 2.75) is 65.7 Å². The van der Waals surface area contributed by atoms with Gasteiger partial charge in [-0.1, -0.05) is 20.8 Å². The van der Waals surface area contributed by atoms with Crippen molar-refractivity contribution < 1.29 is 4.79 Å². The van der Waals surface area contributed by atoms with E-state index in [1.807, 2.05) is 0 Å². The maximum absolute atomic E-state index is 12.4. The van der Waals surface area contributed by atoms with Gasteiger partial charge >= 0.3 is 0 Å². The van der Waals surface area contributed by atoms with E-state index < -0.39 is 0 Å². The van der Waals surface area contributed by atoms with Crippen LogP contribution in [0.3, 0.4) is 0 Å². The van der Waals surface area contributed by atoms with Crippen LogP contribution in [0, 0.1) is 11.3 Å². The van der Waals surface area contributed by atoms with Crippen molar-refractivity contribution in [2.75, 3.05) is 13.1 Å². The highest BCUT2D eigenvalue weighted by molar-refractivity contribution is 5.76. The van der Waals surface area contributed by atoms with Gasteiger partial charge in [0.05, 0.1) is 11.9 Å². The molecule has 1 saturated heterocycles. The number of nitrogens with one attached hydrogen (secondary N) is 1.